The molecule has 1 atom stereocenters. The van der Waals surface area contributed by atoms with Gasteiger partial charge in [-0.15, -0.1) is 24.0 Å². The summed E-state index contributed by atoms with van der Waals surface area (Å²) in [7, 11) is 1.84. The van der Waals surface area contributed by atoms with Gasteiger partial charge in [-0.1, -0.05) is 18.2 Å². The van der Waals surface area contributed by atoms with E-state index in [0.29, 0.717) is 18.5 Å². The first-order chi connectivity index (χ1) is 14.0. The largest absolute Gasteiger partial charge is 0.356 e. The van der Waals surface area contributed by atoms with E-state index in [4.69, 9.17) is 0 Å². The molecule has 2 N–H and O–H groups in total. The highest BCUT2D eigenvalue weighted by molar-refractivity contribution is 14.0. The van der Waals surface area contributed by atoms with Gasteiger partial charge in [0.05, 0.1) is 11.4 Å². The molecule has 1 aromatic carbocycles. The highest BCUT2D eigenvalue weighted by atomic mass is 127. The van der Waals surface area contributed by atoms with Crippen LogP contribution in [0.3, 0.4) is 0 Å². The fourth-order valence-electron chi connectivity index (χ4n) is 4.11. The fourth-order valence-corrected chi connectivity index (χ4v) is 4.11. The van der Waals surface area contributed by atoms with Gasteiger partial charge in [-0.05, 0) is 70.7 Å². The van der Waals surface area contributed by atoms with Gasteiger partial charge in [0.15, 0.2) is 5.96 Å². The number of para-hydroxylation sites is 1. The molecule has 1 saturated heterocycles. The molecule has 1 aliphatic rings. The van der Waals surface area contributed by atoms with Crippen molar-refractivity contribution in [2.24, 2.45) is 10.9 Å². The van der Waals surface area contributed by atoms with Gasteiger partial charge in [-0.2, -0.15) is 5.10 Å². The Hall–Kier alpha value is -1.61. The summed E-state index contributed by atoms with van der Waals surface area (Å²) in [6.07, 6.45) is 2.57. The van der Waals surface area contributed by atoms with Gasteiger partial charge in [0.25, 0.3) is 0 Å². The van der Waals surface area contributed by atoms with Gasteiger partial charge in [0.1, 0.15) is 0 Å². The van der Waals surface area contributed by atoms with Crippen LogP contribution in [-0.2, 0) is 6.54 Å². The molecule has 7 heteroatoms. The summed E-state index contributed by atoms with van der Waals surface area (Å²) in [5.41, 5.74) is 4.49. The van der Waals surface area contributed by atoms with Crippen molar-refractivity contribution in [2.45, 2.75) is 53.1 Å². The first-order valence-electron chi connectivity index (χ1n) is 10.8. The number of guanidine groups is 1. The van der Waals surface area contributed by atoms with Crippen LogP contribution in [-0.4, -0.2) is 53.4 Å². The molecule has 0 saturated carbocycles. The number of aromatic nitrogens is 2. The molecule has 2 aromatic rings. The molecule has 1 aliphatic heterocycles. The maximum Gasteiger partial charge on any atom is 0.191 e. The normalized spacial score (nSPS) is 17.7. The number of halogens is 1. The van der Waals surface area contributed by atoms with Crippen molar-refractivity contribution < 1.29 is 0 Å². The number of aliphatic imine (C=N–C) groups is 1. The molecule has 166 valence electrons. The summed E-state index contributed by atoms with van der Waals surface area (Å²) in [5.74, 6) is 1.53. The Kier molecular flexibility index (Phi) is 9.61. The van der Waals surface area contributed by atoms with E-state index < -0.39 is 0 Å². The predicted octanol–water partition coefficient (Wildman–Crippen LogP) is 3.89. The van der Waals surface area contributed by atoms with Gasteiger partial charge in [-0.25, -0.2) is 4.68 Å². The maximum absolute atomic E-state index is 4.65. The number of nitrogens with one attached hydrogen (secondary N) is 2. The predicted molar refractivity (Wildman–Crippen MR) is 136 cm³/mol. The van der Waals surface area contributed by atoms with Crippen LogP contribution in [0.4, 0.5) is 0 Å². The standard InChI is InChI=1S/C23H36N6.HI/c1-17(2)28-12-8-9-20(16-28)14-25-23(24-5)26-15-21-10-6-7-11-22(21)29-19(4)13-18(3)27-29;/h6-7,10-11,13,17,20H,8-9,12,14-16H2,1-5H3,(H2,24,25,26);1H. The van der Waals surface area contributed by atoms with E-state index in [1.165, 1.54) is 31.5 Å². The zero-order valence-electron chi connectivity index (χ0n) is 19.0. The van der Waals surface area contributed by atoms with E-state index in [9.17, 15) is 0 Å². The van der Waals surface area contributed by atoms with Crippen molar-refractivity contribution in [3.05, 3.63) is 47.3 Å². The molecule has 0 bridgehead atoms. The zero-order valence-corrected chi connectivity index (χ0v) is 21.3. The zero-order chi connectivity index (χ0) is 20.8. The molecule has 0 spiro atoms. The first kappa shape index (κ1) is 24.7. The third kappa shape index (κ3) is 6.44. The molecular weight excluding hydrogens is 487 g/mol. The minimum Gasteiger partial charge on any atom is -0.356 e. The quantitative estimate of drug-likeness (QED) is 0.342. The Morgan fingerprint density at radius 2 is 2.00 bits per heavy atom. The van der Waals surface area contributed by atoms with Crippen molar-refractivity contribution in [1.82, 2.24) is 25.3 Å². The summed E-state index contributed by atoms with van der Waals surface area (Å²) in [6.45, 7) is 12.8. The van der Waals surface area contributed by atoms with Gasteiger partial charge in [0.2, 0.25) is 0 Å². The average Bonchev–Trinajstić information content (AvgIpc) is 3.06. The number of rotatable bonds is 6. The molecule has 2 heterocycles. The Labute approximate surface area is 198 Å². The minimum atomic E-state index is 0. The summed E-state index contributed by atoms with van der Waals surface area (Å²) in [5, 5.41) is 11.7. The molecule has 30 heavy (non-hydrogen) atoms. The van der Waals surface area contributed by atoms with Crippen molar-refractivity contribution in [3.63, 3.8) is 0 Å². The lowest BCUT2D eigenvalue weighted by atomic mass is 9.97. The van der Waals surface area contributed by atoms with Crippen LogP contribution in [0.1, 0.15) is 43.6 Å². The van der Waals surface area contributed by atoms with Crippen LogP contribution in [0.25, 0.3) is 5.69 Å². The second kappa shape index (κ2) is 11.7. The number of hydrogen-bond acceptors (Lipinski definition) is 3. The van der Waals surface area contributed by atoms with Crippen molar-refractivity contribution in [1.29, 1.82) is 0 Å². The molecule has 1 fully saturated rings. The van der Waals surface area contributed by atoms with Crippen molar-refractivity contribution in [3.8, 4) is 5.69 Å². The number of aryl methyl sites for hydroxylation is 2. The first-order valence-corrected chi connectivity index (χ1v) is 10.8. The molecular formula is C23H37IN6. The van der Waals surface area contributed by atoms with Crippen LogP contribution >= 0.6 is 24.0 Å². The van der Waals surface area contributed by atoms with E-state index >= 15 is 0 Å². The third-order valence-electron chi connectivity index (χ3n) is 5.74. The van der Waals surface area contributed by atoms with Crippen LogP contribution in [0, 0.1) is 19.8 Å². The van der Waals surface area contributed by atoms with Gasteiger partial charge >= 0.3 is 0 Å². The lowest BCUT2D eigenvalue weighted by Crippen LogP contribution is -2.46. The van der Waals surface area contributed by atoms with Crippen molar-refractivity contribution in [2.75, 3.05) is 26.7 Å². The molecule has 1 unspecified atom stereocenters. The molecule has 6 nitrogen and oxygen atoms in total. The Balaban J connectivity index is 0.00000320. The van der Waals surface area contributed by atoms with E-state index in [0.717, 1.165) is 29.6 Å². The smallest absolute Gasteiger partial charge is 0.191 e. The highest BCUT2D eigenvalue weighted by Crippen LogP contribution is 2.18. The fraction of sp³-hybridized carbons (Fsp3) is 0.565. The maximum atomic E-state index is 4.65. The number of hydrogen-bond donors (Lipinski definition) is 2. The SMILES string of the molecule is CN=C(NCc1ccccc1-n1nc(C)cc1C)NCC1CCCN(C(C)C)C1.I. The van der Waals surface area contributed by atoms with Gasteiger partial charge in [0, 0.05) is 38.4 Å². The average molecular weight is 524 g/mol. The molecule has 0 aliphatic carbocycles. The van der Waals surface area contributed by atoms with E-state index in [2.05, 4.69) is 76.7 Å². The van der Waals surface area contributed by atoms with E-state index in [-0.39, 0.29) is 24.0 Å². The summed E-state index contributed by atoms with van der Waals surface area (Å²) in [6, 6.07) is 11.1. The lowest BCUT2D eigenvalue weighted by Gasteiger charge is -2.35. The number of benzene rings is 1. The van der Waals surface area contributed by atoms with Crippen LogP contribution in [0.15, 0.2) is 35.3 Å². The minimum absolute atomic E-state index is 0. The Morgan fingerprint density at radius 1 is 1.23 bits per heavy atom. The molecule has 0 amide bonds. The number of piperidine rings is 1. The summed E-state index contributed by atoms with van der Waals surface area (Å²) >= 11 is 0. The summed E-state index contributed by atoms with van der Waals surface area (Å²) < 4.78 is 2.02. The second-order valence-corrected chi connectivity index (χ2v) is 8.37. The van der Waals surface area contributed by atoms with Gasteiger partial charge < -0.3 is 15.5 Å². The lowest BCUT2D eigenvalue weighted by molar-refractivity contribution is 0.141. The summed E-state index contributed by atoms with van der Waals surface area (Å²) in [4.78, 5) is 7.00. The second-order valence-electron chi connectivity index (χ2n) is 8.37. The van der Waals surface area contributed by atoms with Crippen LogP contribution in [0.2, 0.25) is 0 Å². The van der Waals surface area contributed by atoms with Gasteiger partial charge in [-0.3, -0.25) is 4.99 Å². The molecule has 1 aromatic heterocycles. The van der Waals surface area contributed by atoms with E-state index in [1.54, 1.807) is 0 Å². The Morgan fingerprint density at radius 3 is 2.67 bits per heavy atom. The van der Waals surface area contributed by atoms with Crippen molar-refractivity contribution >= 4 is 29.9 Å². The monoisotopic (exact) mass is 524 g/mol. The topological polar surface area (TPSA) is 57.5 Å². The number of likely N-dealkylation sites (tertiary alicyclic amines) is 1. The molecule has 3 rings (SSSR count). The highest BCUT2D eigenvalue weighted by Gasteiger charge is 2.21. The third-order valence-corrected chi connectivity index (χ3v) is 5.74. The molecule has 0 radical (unpaired) electrons. The van der Waals surface area contributed by atoms with Crippen LogP contribution < -0.4 is 10.6 Å². The van der Waals surface area contributed by atoms with E-state index in [1.807, 2.05) is 18.7 Å². The Bertz CT molecular complexity index is 829. The number of nitrogens with zero attached hydrogens (tertiary/aromatic N) is 4. The van der Waals surface area contributed by atoms with Crippen LogP contribution in [0.5, 0.6) is 0 Å².